The summed E-state index contributed by atoms with van der Waals surface area (Å²) in [5, 5.41) is 5.97. The molecule has 2 bridgehead atoms. The van der Waals surface area contributed by atoms with Gasteiger partial charge in [0.1, 0.15) is 24.0 Å². The number of amides is 3. The van der Waals surface area contributed by atoms with E-state index in [0.29, 0.717) is 57.5 Å². The number of carbonyl (C=O) groups is 3. The second-order valence-corrected chi connectivity index (χ2v) is 11.9. The van der Waals surface area contributed by atoms with E-state index in [1.54, 1.807) is 0 Å². The van der Waals surface area contributed by atoms with Crippen LogP contribution in [0.15, 0.2) is 48.5 Å². The van der Waals surface area contributed by atoms with Crippen molar-refractivity contribution in [2.45, 2.75) is 70.8 Å². The van der Waals surface area contributed by atoms with E-state index >= 15 is 0 Å². The molecule has 42 heavy (non-hydrogen) atoms. The Hall–Kier alpha value is -2.37. The Balaban J connectivity index is 1.79. The topological polar surface area (TPSA) is 115 Å². The molecule has 226 valence electrons. The van der Waals surface area contributed by atoms with E-state index in [9.17, 15) is 14.4 Å². The van der Waals surface area contributed by atoms with Crippen LogP contribution in [0.2, 0.25) is 6.32 Å². The fraction of sp³-hybridized carbons (Fsp3) is 0.500. The largest absolute Gasteiger partial charge is 0.494 e. The molecule has 3 N–H and O–H groups in total. The van der Waals surface area contributed by atoms with E-state index in [0.717, 1.165) is 36.1 Å². The maximum atomic E-state index is 13.8. The van der Waals surface area contributed by atoms with Gasteiger partial charge >= 0.3 is 0 Å². The first-order chi connectivity index (χ1) is 20.4. The Kier molecular flexibility index (Phi) is 15.5. The van der Waals surface area contributed by atoms with Crippen LogP contribution in [0.3, 0.4) is 0 Å². The van der Waals surface area contributed by atoms with Crippen LogP contribution < -0.4 is 25.6 Å². The summed E-state index contributed by atoms with van der Waals surface area (Å²) in [6, 6.07) is 14.2. The first-order valence-electron chi connectivity index (χ1n) is 14.5. The fourth-order valence-electron chi connectivity index (χ4n) is 4.83. The molecule has 3 amide bonds. The number of unbranched alkanes of at least 4 members (excludes halogenated alkanes) is 1. The summed E-state index contributed by atoms with van der Waals surface area (Å²) in [7, 11) is 5.52. The summed E-state index contributed by atoms with van der Waals surface area (Å²) in [5.41, 5.74) is 4.28. The van der Waals surface area contributed by atoms with Gasteiger partial charge in [0.05, 0.1) is 27.0 Å². The molecular formula is C30H40BIN3O6P. The molecule has 2 radical (unpaired) electrons. The summed E-state index contributed by atoms with van der Waals surface area (Å²) >= 11 is 2.03. The van der Waals surface area contributed by atoms with Crippen LogP contribution in [0.25, 0.3) is 0 Å². The van der Waals surface area contributed by atoms with E-state index in [1.807, 2.05) is 77.5 Å². The van der Waals surface area contributed by atoms with Crippen molar-refractivity contribution in [2.24, 2.45) is 11.8 Å². The molecule has 0 fully saturated rings. The average Bonchev–Trinajstić information content (AvgIpc) is 3.00. The summed E-state index contributed by atoms with van der Waals surface area (Å²) in [5.74, 6) is -0.719. The zero-order valence-corrected chi connectivity index (χ0v) is 27.2. The lowest BCUT2D eigenvalue weighted by atomic mass is 9.83. The lowest BCUT2D eigenvalue weighted by molar-refractivity contribution is -0.140. The van der Waals surface area contributed by atoms with Crippen molar-refractivity contribution in [3.63, 3.8) is 0 Å². The quantitative estimate of drug-likeness (QED) is 0.0891. The molecule has 0 aliphatic carbocycles. The highest BCUT2D eigenvalue weighted by Gasteiger charge is 2.35. The average molecular weight is 707 g/mol. The number of halogens is 1. The van der Waals surface area contributed by atoms with Crippen molar-refractivity contribution in [3.8, 4) is 11.5 Å². The van der Waals surface area contributed by atoms with Gasteiger partial charge < -0.3 is 20.1 Å². The van der Waals surface area contributed by atoms with Crippen molar-refractivity contribution < 1.29 is 28.5 Å². The third-order valence-electron chi connectivity index (χ3n) is 7.15. The highest BCUT2D eigenvalue weighted by molar-refractivity contribution is 14.2. The molecule has 0 saturated carbocycles. The molecule has 0 spiro atoms. The second-order valence-electron chi connectivity index (χ2n) is 10.3. The standard InChI is InChI=1S/C30H40BIN3O6P/c1-2-3-6-25-26(29(37)35-41-42-32)7-4-17-39-23-12-8-21(9-13-23)19-27(34-28(25)36)30(38)33-20-22-10-14-24(15-11-22)40-18-5-16-31/h8-15,25-27,42H,2-7,16-20H2,1H3,(H,33,38)(H,34,36)(H,35,37)/t25-,26+,27+/m1/s1. The molecule has 12 heteroatoms. The van der Waals surface area contributed by atoms with E-state index in [2.05, 4.69) is 16.1 Å². The van der Waals surface area contributed by atoms with Gasteiger partial charge in [-0.3, -0.25) is 14.4 Å². The molecule has 0 saturated heterocycles. The van der Waals surface area contributed by atoms with Crippen molar-refractivity contribution in [1.82, 2.24) is 16.1 Å². The number of hydrogen-bond acceptors (Lipinski definition) is 6. The Morgan fingerprint density at radius 2 is 1.88 bits per heavy atom. The first kappa shape index (κ1) is 34.1. The number of fused-ring (bicyclic) bond motifs is 11. The lowest BCUT2D eigenvalue weighted by Gasteiger charge is -2.28. The minimum Gasteiger partial charge on any atom is -0.494 e. The SMILES string of the molecule is [B]CCCOc1ccc(CNC(=O)[C@@H]2Cc3ccc(cc3)OCCC[C@H](C(=O)NOPI)[C@@H](CCCC)C(=O)N2)cc1. The molecule has 2 aliphatic rings. The lowest BCUT2D eigenvalue weighted by Crippen LogP contribution is -2.51. The maximum absolute atomic E-state index is 13.8. The summed E-state index contributed by atoms with van der Waals surface area (Å²) in [6.07, 6.45) is 4.84. The summed E-state index contributed by atoms with van der Waals surface area (Å²) < 4.78 is 16.8. The van der Waals surface area contributed by atoms with Crippen LogP contribution in [0.5, 0.6) is 11.5 Å². The molecule has 9 nitrogen and oxygen atoms in total. The highest BCUT2D eigenvalue weighted by atomic mass is 127. The van der Waals surface area contributed by atoms with Gasteiger partial charge in [0, 0.05) is 18.9 Å². The highest BCUT2D eigenvalue weighted by Crippen LogP contribution is 2.27. The Morgan fingerprint density at radius 1 is 1.12 bits per heavy atom. The van der Waals surface area contributed by atoms with Crippen molar-refractivity contribution in [3.05, 3.63) is 59.7 Å². The van der Waals surface area contributed by atoms with Gasteiger partial charge in [-0.25, -0.2) is 10.1 Å². The van der Waals surface area contributed by atoms with Crippen molar-refractivity contribution >= 4 is 54.1 Å². The first-order valence-corrected chi connectivity index (χ1v) is 18.5. The molecule has 2 heterocycles. The van der Waals surface area contributed by atoms with Crippen LogP contribution in [-0.4, -0.2) is 44.8 Å². The Morgan fingerprint density at radius 3 is 2.57 bits per heavy atom. The van der Waals surface area contributed by atoms with Gasteiger partial charge in [-0.1, -0.05) is 50.4 Å². The molecule has 1 unspecified atom stereocenters. The van der Waals surface area contributed by atoms with Gasteiger partial charge in [-0.2, -0.15) is 0 Å². The minimum absolute atomic E-state index is 0.0497. The molecule has 2 aromatic carbocycles. The van der Waals surface area contributed by atoms with Crippen molar-refractivity contribution in [1.29, 1.82) is 0 Å². The number of nitrogens with one attached hydrogen (secondary N) is 3. The fourth-order valence-corrected chi connectivity index (χ4v) is 5.30. The zero-order chi connectivity index (χ0) is 30.2. The van der Waals surface area contributed by atoms with Crippen molar-refractivity contribution in [2.75, 3.05) is 13.2 Å². The molecule has 2 aromatic rings. The van der Waals surface area contributed by atoms with E-state index in [-0.39, 0.29) is 24.2 Å². The molecular weight excluding hydrogens is 667 g/mol. The van der Waals surface area contributed by atoms with Gasteiger partial charge in [-0.15, -0.1) is 0 Å². The minimum atomic E-state index is -0.828. The van der Waals surface area contributed by atoms with Crippen LogP contribution in [-0.2, 0) is 32.0 Å². The van der Waals surface area contributed by atoms with Gasteiger partial charge in [0.15, 0.2) is 0 Å². The summed E-state index contributed by atoms with van der Waals surface area (Å²) in [4.78, 5) is 40.4. The predicted octanol–water partition coefficient (Wildman–Crippen LogP) is 4.97. The molecule has 4 atom stereocenters. The summed E-state index contributed by atoms with van der Waals surface area (Å²) in [6.45, 7) is 3.36. The predicted molar refractivity (Wildman–Crippen MR) is 174 cm³/mol. The number of hydroxylamine groups is 1. The number of ether oxygens (including phenoxy) is 2. The molecule has 4 rings (SSSR count). The van der Waals surface area contributed by atoms with Gasteiger partial charge in [0.2, 0.25) is 17.7 Å². The van der Waals surface area contributed by atoms with Crippen LogP contribution in [0.1, 0.15) is 56.6 Å². The third-order valence-corrected chi connectivity index (χ3v) is 7.99. The number of benzene rings is 2. The van der Waals surface area contributed by atoms with Gasteiger partial charge in [-0.05, 0) is 83.1 Å². The molecule has 0 aromatic heterocycles. The Bertz CT molecular complexity index is 1130. The smallest absolute Gasteiger partial charge is 0.247 e. The number of rotatable bonds is 13. The van der Waals surface area contributed by atoms with E-state index in [4.69, 9.17) is 21.9 Å². The zero-order valence-electron chi connectivity index (χ0n) is 24.0. The maximum Gasteiger partial charge on any atom is 0.247 e. The normalized spacial score (nSPS) is 19.5. The Labute approximate surface area is 264 Å². The monoisotopic (exact) mass is 707 g/mol. The van der Waals surface area contributed by atoms with Crippen LogP contribution in [0, 0.1) is 11.8 Å². The van der Waals surface area contributed by atoms with Crippen LogP contribution in [0.4, 0.5) is 0 Å². The third kappa shape index (κ3) is 11.4. The molecule has 2 aliphatic heterocycles. The second kappa shape index (κ2) is 19.0. The van der Waals surface area contributed by atoms with E-state index < -0.39 is 17.9 Å². The number of hydrogen-bond donors (Lipinski definition) is 3. The van der Waals surface area contributed by atoms with E-state index in [1.165, 1.54) is 0 Å². The van der Waals surface area contributed by atoms with Gasteiger partial charge in [0.25, 0.3) is 0 Å². The van der Waals surface area contributed by atoms with Crippen LogP contribution >= 0.6 is 28.5 Å². The number of carbonyl (C=O) groups excluding carboxylic acids is 3.